The van der Waals surface area contributed by atoms with Crippen molar-refractivity contribution in [1.82, 2.24) is 19.7 Å². The lowest BCUT2D eigenvalue weighted by atomic mass is 10.2. The summed E-state index contributed by atoms with van der Waals surface area (Å²) in [5, 5.41) is 14.3. The monoisotopic (exact) mass is 494 g/mol. The third-order valence-corrected chi connectivity index (χ3v) is 6.71. The Morgan fingerprint density at radius 2 is 2.06 bits per heavy atom. The van der Waals surface area contributed by atoms with Crippen molar-refractivity contribution in [1.29, 1.82) is 0 Å². The molecule has 1 aromatic carbocycles. The minimum atomic E-state index is -1.07. The summed E-state index contributed by atoms with van der Waals surface area (Å²) in [6, 6.07) is 7.12. The fourth-order valence-corrected chi connectivity index (χ4v) is 4.91. The van der Waals surface area contributed by atoms with Gasteiger partial charge in [0.15, 0.2) is 10.8 Å². The molecule has 3 heterocycles. The van der Waals surface area contributed by atoms with Gasteiger partial charge in [-0.15, -0.1) is 0 Å². The van der Waals surface area contributed by atoms with Gasteiger partial charge in [-0.05, 0) is 31.0 Å². The van der Waals surface area contributed by atoms with Crippen LogP contribution < -0.4 is 20.1 Å². The summed E-state index contributed by atoms with van der Waals surface area (Å²) in [4.78, 5) is 33.4. The van der Waals surface area contributed by atoms with Crippen molar-refractivity contribution in [3.05, 3.63) is 54.1 Å². The highest BCUT2D eigenvalue weighted by Gasteiger charge is 2.35. The fraction of sp³-hybridized carbons (Fsp3) is 0.217. The van der Waals surface area contributed by atoms with Crippen molar-refractivity contribution in [3.63, 3.8) is 0 Å². The number of anilines is 2. The lowest BCUT2D eigenvalue weighted by Crippen LogP contribution is -2.19. The molecule has 35 heavy (non-hydrogen) atoms. The molecule has 1 fully saturated rings. The summed E-state index contributed by atoms with van der Waals surface area (Å²) >= 11 is 1.27. The van der Waals surface area contributed by atoms with Crippen LogP contribution in [-0.2, 0) is 0 Å². The average Bonchev–Trinajstić information content (AvgIpc) is 3.24. The van der Waals surface area contributed by atoms with E-state index in [1.807, 2.05) is 23.2 Å². The van der Waals surface area contributed by atoms with Gasteiger partial charge < -0.3 is 30.2 Å². The first kappa shape index (κ1) is 22.5. The highest BCUT2D eigenvalue weighted by molar-refractivity contribution is 7.19. The summed E-state index contributed by atoms with van der Waals surface area (Å²) in [5.41, 5.74) is 7.77. The van der Waals surface area contributed by atoms with Gasteiger partial charge in [-0.2, -0.15) is 5.10 Å². The van der Waals surface area contributed by atoms with Crippen molar-refractivity contribution in [3.8, 4) is 27.8 Å². The van der Waals surface area contributed by atoms with Gasteiger partial charge in [0.1, 0.15) is 17.2 Å². The Morgan fingerprint density at radius 1 is 1.26 bits per heavy atom. The van der Waals surface area contributed by atoms with E-state index < -0.39 is 11.9 Å². The number of aromatic carboxylic acids is 1. The zero-order valence-electron chi connectivity index (χ0n) is 18.9. The van der Waals surface area contributed by atoms with E-state index in [4.69, 9.17) is 15.2 Å². The second-order valence-electron chi connectivity index (χ2n) is 7.93. The largest absolute Gasteiger partial charge is 0.497 e. The van der Waals surface area contributed by atoms with E-state index in [1.54, 1.807) is 31.2 Å². The van der Waals surface area contributed by atoms with E-state index >= 15 is 0 Å². The summed E-state index contributed by atoms with van der Waals surface area (Å²) < 4.78 is 12.5. The first-order chi connectivity index (χ1) is 16.9. The summed E-state index contributed by atoms with van der Waals surface area (Å²) in [5.74, 6) is -0.491. The number of hydrogen-bond acceptors (Lipinski definition) is 8. The molecule has 11 nitrogen and oxygen atoms in total. The fourth-order valence-electron chi connectivity index (χ4n) is 3.76. The zero-order chi connectivity index (χ0) is 24.7. The summed E-state index contributed by atoms with van der Waals surface area (Å²) in [6.45, 7) is 0. The van der Waals surface area contributed by atoms with Crippen LogP contribution in [0, 0.1) is 0 Å². The highest BCUT2D eigenvalue weighted by Crippen LogP contribution is 2.43. The first-order valence-electron chi connectivity index (χ1n) is 10.7. The molecule has 1 aliphatic carbocycles. The number of hydrogen-bond donors (Lipinski definition) is 3. The van der Waals surface area contributed by atoms with Crippen LogP contribution in [0.25, 0.3) is 16.3 Å². The zero-order valence-corrected chi connectivity index (χ0v) is 19.7. The van der Waals surface area contributed by atoms with Crippen LogP contribution in [0.4, 0.5) is 10.8 Å². The molecule has 0 aliphatic heterocycles. The number of H-pyrrole nitrogens is 1. The Morgan fingerprint density at radius 3 is 2.69 bits per heavy atom. The standard InChI is InChI=1S/C23H22N6O5S/c1-33-15-5-6-17(18(8-15)34-2)28-11-14(10-26-28)29(13-3-4-13)23-27-19(21(24)30)20(35-23)16-7-12(9-25-16)22(31)32/h5-11,13,25H,3-4H2,1-2H3,(H2,24,30)(H,31,32). The number of carbonyl (C=O) groups is 2. The Bertz CT molecular complexity index is 1420. The van der Waals surface area contributed by atoms with Gasteiger partial charge in [0.05, 0.1) is 48.4 Å². The molecule has 0 bridgehead atoms. The molecule has 0 spiro atoms. The molecule has 0 atom stereocenters. The van der Waals surface area contributed by atoms with Crippen LogP contribution in [0.1, 0.15) is 33.7 Å². The molecule has 0 saturated heterocycles. The number of nitrogens with one attached hydrogen (secondary N) is 1. The normalized spacial score (nSPS) is 13.0. The summed E-state index contributed by atoms with van der Waals surface area (Å²) in [6.07, 6.45) is 6.88. The molecule has 5 rings (SSSR count). The van der Waals surface area contributed by atoms with Gasteiger partial charge in [-0.25, -0.2) is 14.5 Å². The number of primary amides is 1. The molecule has 0 unspecified atom stereocenters. The molecule has 4 aromatic rings. The molecule has 4 N–H and O–H groups in total. The summed E-state index contributed by atoms with van der Waals surface area (Å²) in [7, 11) is 3.17. The minimum Gasteiger partial charge on any atom is -0.497 e. The predicted molar refractivity (Wildman–Crippen MR) is 129 cm³/mol. The molecule has 1 saturated carbocycles. The molecule has 180 valence electrons. The van der Waals surface area contributed by atoms with Crippen molar-refractivity contribution in [2.45, 2.75) is 18.9 Å². The first-order valence-corrected chi connectivity index (χ1v) is 11.5. The highest BCUT2D eigenvalue weighted by atomic mass is 32.1. The van der Waals surface area contributed by atoms with Crippen LogP contribution >= 0.6 is 11.3 Å². The van der Waals surface area contributed by atoms with Crippen molar-refractivity contribution < 1.29 is 24.2 Å². The smallest absolute Gasteiger partial charge is 0.337 e. The van der Waals surface area contributed by atoms with Gasteiger partial charge in [0.2, 0.25) is 0 Å². The van der Waals surface area contributed by atoms with Crippen molar-refractivity contribution in [2.75, 3.05) is 19.1 Å². The third kappa shape index (κ3) is 4.19. The molecule has 1 aliphatic rings. The number of nitrogens with zero attached hydrogens (tertiary/aromatic N) is 4. The maximum atomic E-state index is 12.2. The average molecular weight is 495 g/mol. The minimum absolute atomic E-state index is 0.0821. The Hall–Kier alpha value is -4.32. The maximum absolute atomic E-state index is 12.2. The van der Waals surface area contributed by atoms with Gasteiger partial charge in [0, 0.05) is 18.3 Å². The number of carboxylic acids is 1. The van der Waals surface area contributed by atoms with Crippen LogP contribution in [0.15, 0.2) is 42.9 Å². The second-order valence-corrected chi connectivity index (χ2v) is 8.91. The lowest BCUT2D eigenvalue weighted by molar-refractivity contribution is 0.0697. The SMILES string of the molecule is COc1ccc(-n2cc(N(c3nc(C(N)=O)c(-c4cc(C(=O)O)c[nH]4)s3)C3CC3)cn2)c(OC)c1. The molecule has 3 aromatic heterocycles. The number of thiazole rings is 1. The Labute approximate surface area is 203 Å². The van der Waals surface area contributed by atoms with Crippen molar-refractivity contribution in [2.24, 2.45) is 5.73 Å². The number of ether oxygens (including phenoxy) is 2. The quantitative estimate of drug-likeness (QED) is 0.320. The predicted octanol–water partition coefficient (Wildman–Crippen LogP) is 3.44. The van der Waals surface area contributed by atoms with E-state index in [0.29, 0.717) is 27.2 Å². The van der Waals surface area contributed by atoms with Crippen LogP contribution in [0.3, 0.4) is 0 Å². The van der Waals surface area contributed by atoms with Crippen LogP contribution in [0.2, 0.25) is 0 Å². The Balaban J connectivity index is 1.54. The van der Waals surface area contributed by atoms with Crippen molar-refractivity contribution >= 4 is 34.0 Å². The lowest BCUT2D eigenvalue weighted by Gasteiger charge is -2.19. The van der Waals surface area contributed by atoms with Gasteiger partial charge in [-0.3, -0.25) is 4.79 Å². The number of benzene rings is 1. The topological polar surface area (TPSA) is 149 Å². The number of carboxylic acid groups (broad SMARTS) is 1. The number of amides is 1. The molecule has 12 heteroatoms. The van der Waals surface area contributed by atoms with Crippen LogP contribution in [0.5, 0.6) is 11.5 Å². The van der Waals surface area contributed by atoms with E-state index in [-0.39, 0.29) is 17.3 Å². The Kier molecular flexibility index (Phi) is 5.65. The van der Waals surface area contributed by atoms with Gasteiger partial charge >= 0.3 is 5.97 Å². The maximum Gasteiger partial charge on any atom is 0.337 e. The van der Waals surface area contributed by atoms with E-state index in [1.165, 1.54) is 23.6 Å². The molecule has 0 radical (unpaired) electrons. The molecular weight excluding hydrogens is 472 g/mol. The molecular formula is C23H22N6O5S. The third-order valence-electron chi connectivity index (χ3n) is 5.62. The van der Waals surface area contributed by atoms with Gasteiger partial charge in [0.25, 0.3) is 5.91 Å². The van der Waals surface area contributed by atoms with Gasteiger partial charge in [-0.1, -0.05) is 11.3 Å². The van der Waals surface area contributed by atoms with Crippen LogP contribution in [-0.4, -0.2) is 57.0 Å². The van der Waals surface area contributed by atoms with E-state index in [2.05, 4.69) is 15.1 Å². The number of aromatic nitrogens is 4. The molecule has 1 amide bonds. The van der Waals surface area contributed by atoms with E-state index in [0.717, 1.165) is 24.2 Å². The van der Waals surface area contributed by atoms with E-state index in [9.17, 15) is 14.7 Å². The number of carbonyl (C=O) groups excluding carboxylic acids is 1. The number of nitrogens with two attached hydrogens (primary N) is 1. The number of methoxy groups -OCH3 is 2. The number of aromatic amines is 1. The second kappa shape index (κ2) is 8.80. The number of rotatable bonds is 9.